The van der Waals surface area contributed by atoms with Crippen molar-refractivity contribution in [1.82, 2.24) is 4.98 Å². The van der Waals surface area contributed by atoms with Crippen LogP contribution in [0.4, 0.5) is 0 Å². The fourth-order valence-electron chi connectivity index (χ4n) is 0.337. The van der Waals surface area contributed by atoms with Crippen molar-refractivity contribution in [2.45, 2.75) is 0 Å². The second-order valence-electron chi connectivity index (χ2n) is 1.23. The summed E-state index contributed by atoms with van der Waals surface area (Å²) in [7, 11) is 0. The molecule has 0 saturated heterocycles. The molecule has 0 unspecified atom stereocenters. The molecule has 1 heterocycles. The Morgan fingerprint density at radius 1 is 1.88 bits per heavy atom. The van der Waals surface area contributed by atoms with Crippen molar-refractivity contribution < 1.29 is 9.21 Å². The first kappa shape index (κ1) is 4.83. The number of carbonyl (C=O) groups excluding carboxylic acids is 1. The predicted molar refractivity (Wildman–Crippen MR) is 25.0 cm³/mol. The average Bonchev–Trinajstić information content (AvgIpc) is 2.12. The predicted octanol–water partition coefficient (Wildman–Crippen LogP) is -0.227. The molecule has 1 aromatic rings. The quantitative estimate of drug-likeness (QED) is 0.545. The van der Waals surface area contributed by atoms with Crippen LogP contribution in [0.1, 0.15) is 10.6 Å². The highest BCUT2D eigenvalue weighted by molar-refractivity contribution is 5.89. The van der Waals surface area contributed by atoms with Gasteiger partial charge in [0.1, 0.15) is 0 Å². The zero-order valence-corrected chi connectivity index (χ0v) is 4.00. The first-order valence-corrected chi connectivity index (χ1v) is 1.99. The minimum atomic E-state index is -0.595. The van der Waals surface area contributed by atoms with Gasteiger partial charge >= 0.3 is 0 Å². The normalized spacial score (nSPS) is 9.00. The lowest BCUT2D eigenvalue weighted by Gasteiger charge is -1.78. The van der Waals surface area contributed by atoms with E-state index in [9.17, 15) is 4.79 Å². The SMILES string of the molecule is NC(=O)c1cnco1. The summed E-state index contributed by atoms with van der Waals surface area (Å²) < 4.78 is 4.51. The van der Waals surface area contributed by atoms with Crippen molar-refractivity contribution in [3.63, 3.8) is 0 Å². The molecule has 0 bridgehead atoms. The molecule has 0 atom stereocenters. The zero-order chi connectivity index (χ0) is 5.98. The zero-order valence-electron chi connectivity index (χ0n) is 4.00. The van der Waals surface area contributed by atoms with Crippen LogP contribution in [0.5, 0.6) is 0 Å². The number of carbonyl (C=O) groups is 1. The second kappa shape index (κ2) is 1.65. The first-order valence-electron chi connectivity index (χ1n) is 1.99. The van der Waals surface area contributed by atoms with E-state index in [0.717, 1.165) is 6.39 Å². The highest BCUT2D eigenvalue weighted by atomic mass is 16.3. The number of nitrogens with zero attached hydrogens (tertiary/aromatic N) is 1. The van der Waals surface area contributed by atoms with Crippen LogP contribution in [0.25, 0.3) is 0 Å². The molecule has 1 rings (SSSR count). The summed E-state index contributed by atoms with van der Waals surface area (Å²) in [6.07, 6.45) is 2.42. The molecule has 0 radical (unpaired) electrons. The third-order valence-electron chi connectivity index (χ3n) is 0.675. The van der Waals surface area contributed by atoms with E-state index < -0.39 is 5.91 Å². The fourth-order valence-corrected chi connectivity index (χ4v) is 0.337. The summed E-state index contributed by atoms with van der Waals surface area (Å²) in [4.78, 5) is 13.6. The maximum Gasteiger partial charge on any atom is 0.286 e. The minimum absolute atomic E-state index is 0.0880. The van der Waals surface area contributed by atoms with Crippen LogP contribution in [-0.2, 0) is 0 Å². The van der Waals surface area contributed by atoms with Crippen LogP contribution in [-0.4, -0.2) is 10.9 Å². The molecule has 0 aliphatic rings. The van der Waals surface area contributed by atoms with E-state index >= 15 is 0 Å². The molecule has 0 saturated carbocycles. The van der Waals surface area contributed by atoms with Gasteiger partial charge < -0.3 is 10.2 Å². The molecule has 0 aliphatic heterocycles. The number of hydrogen-bond donors (Lipinski definition) is 1. The number of hydrogen-bond acceptors (Lipinski definition) is 3. The third kappa shape index (κ3) is 0.676. The summed E-state index contributed by atoms with van der Waals surface area (Å²) in [5.74, 6) is -0.507. The molecule has 1 aromatic heterocycles. The van der Waals surface area contributed by atoms with Crippen LogP contribution >= 0.6 is 0 Å². The summed E-state index contributed by atoms with van der Waals surface area (Å²) in [5, 5.41) is 0. The van der Waals surface area contributed by atoms with E-state index in [2.05, 4.69) is 9.40 Å². The average molecular weight is 112 g/mol. The lowest BCUT2D eigenvalue weighted by Crippen LogP contribution is -2.09. The smallest absolute Gasteiger partial charge is 0.286 e. The number of nitrogens with two attached hydrogens (primary N) is 1. The van der Waals surface area contributed by atoms with Crippen molar-refractivity contribution >= 4 is 5.91 Å². The molecule has 0 spiro atoms. The Kier molecular flexibility index (Phi) is 0.997. The van der Waals surface area contributed by atoms with E-state index in [1.54, 1.807) is 0 Å². The molecule has 0 aromatic carbocycles. The highest BCUT2D eigenvalue weighted by Gasteiger charge is 2.00. The molecule has 1 amide bonds. The third-order valence-corrected chi connectivity index (χ3v) is 0.675. The van der Waals surface area contributed by atoms with E-state index in [1.165, 1.54) is 6.20 Å². The van der Waals surface area contributed by atoms with Gasteiger partial charge in [0.05, 0.1) is 6.20 Å². The summed E-state index contributed by atoms with van der Waals surface area (Å²) in [5.41, 5.74) is 4.79. The van der Waals surface area contributed by atoms with Crippen LogP contribution in [0.15, 0.2) is 17.0 Å². The number of rotatable bonds is 1. The van der Waals surface area contributed by atoms with Gasteiger partial charge in [-0.2, -0.15) is 0 Å². The van der Waals surface area contributed by atoms with Crippen LogP contribution in [0.3, 0.4) is 0 Å². The lowest BCUT2D eigenvalue weighted by molar-refractivity contribution is 0.0974. The van der Waals surface area contributed by atoms with Gasteiger partial charge in [0, 0.05) is 0 Å². The van der Waals surface area contributed by atoms with Gasteiger partial charge in [-0.3, -0.25) is 4.79 Å². The molecule has 0 fully saturated rings. The topological polar surface area (TPSA) is 69.1 Å². The van der Waals surface area contributed by atoms with Crippen molar-refractivity contribution in [2.24, 2.45) is 5.73 Å². The van der Waals surface area contributed by atoms with E-state index in [-0.39, 0.29) is 5.76 Å². The van der Waals surface area contributed by atoms with Crippen molar-refractivity contribution in [1.29, 1.82) is 0 Å². The number of oxazole rings is 1. The minimum Gasteiger partial charge on any atom is -0.438 e. The number of amides is 1. The monoisotopic (exact) mass is 112 g/mol. The Labute approximate surface area is 45.3 Å². The van der Waals surface area contributed by atoms with Crippen LogP contribution in [0.2, 0.25) is 0 Å². The lowest BCUT2D eigenvalue weighted by atomic mass is 10.5. The Balaban J connectivity index is 2.93. The molecule has 4 heteroatoms. The molecule has 42 valence electrons. The first-order chi connectivity index (χ1) is 3.80. The van der Waals surface area contributed by atoms with E-state index in [1.807, 2.05) is 0 Å². The summed E-state index contributed by atoms with van der Waals surface area (Å²) in [6, 6.07) is 0. The van der Waals surface area contributed by atoms with Crippen molar-refractivity contribution in [2.75, 3.05) is 0 Å². The number of aromatic nitrogens is 1. The molecular weight excluding hydrogens is 108 g/mol. The molecule has 4 nitrogen and oxygen atoms in total. The number of primary amides is 1. The van der Waals surface area contributed by atoms with Crippen LogP contribution < -0.4 is 5.73 Å². The van der Waals surface area contributed by atoms with Crippen molar-refractivity contribution in [3.8, 4) is 0 Å². The Bertz CT molecular complexity index is 180. The largest absolute Gasteiger partial charge is 0.438 e. The maximum absolute atomic E-state index is 10.2. The molecule has 0 aliphatic carbocycles. The maximum atomic E-state index is 10.2. The Morgan fingerprint density at radius 3 is 2.88 bits per heavy atom. The van der Waals surface area contributed by atoms with Gasteiger partial charge in [0.15, 0.2) is 6.39 Å². The Morgan fingerprint density at radius 2 is 2.62 bits per heavy atom. The van der Waals surface area contributed by atoms with Gasteiger partial charge in [-0.1, -0.05) is 0 Å². The van der Waals surface area contributed by atoms with Crippen LogP contribution in [0, 0.1) is 0 Å². The molecule has 8 heavy (non-hydrogen) atoms. The van der Waals surface area contributed by atoms with Gasteiger partial charge in [-0.15, -0.1) is 0 Å². The highest BCUT2D eigenvalue weighted by Crippen LogP contribution is 1.91. The second-order valence-corrected chi connectivity index (χ2v) is 1.23. The molecular formula is C4H4N2O2. The standard InChI is InChI=1S/C4H4N2O2/c5-4(7)3-1-6-2-8-3/h1-2H,(H2,5,7). The van der Waals surface area contributed by atoms with E-state index in [4.69, 9.17) is 5.73 Å². The van der Waals surface area contributed by atoms with Gasteiger partial charge in [-0.05, 0) is 0 Å². The van der Waals surface area contributed by atoms with Gasteiger partial charge in [0.25, 0.3) is 5.91 Å². The van der Waals surface area contributed by atoms with E-state index in [0.29, 0.717) is 0 Å². The van der Waals surface area contributed by atoms with Gasteiger partial charge in [-0.25, -0.2) is 4.98 Å². The Hall–Kier alpha value is -1.32. The van der Waals surface area contributed by atoms with Crippen molar-refractivity contribution in [3.05, 3.63) is 18.4 Å². The van der Waals surface area contributed by atoms with Gasteiger partial charge in [0.2, 0.25) is 5.76 Å². The summed E-state index contributed by atoms with van der Waals surface area (Å²) in [6.45, 7) is 0. The fraction of sp³-hybridized carbons (Fsp3) is 0. The molecule has 2 N–H and O–H groups in total. The summed E-state index contributed by atoms with van der Waals surface area (Å²) >= 11 is 0.